The smallest absolute Gasteiger partial charge is 0.274 e. The highest BCUT2D eigenvalue weighted by Crippen LogP contribution is 2.46. The van der Waals surface area contributed by atoms with Crippen LogP contribution in [0.25, 0.3) is 0 Å². The number of carbonyl (C=O) groups excluding carboxylic acids is 2. The molecule has 1 saturated heterocycles. The minimum atomic E-state index is -0.810. The minimum Gasteiger partial charge on any atom is -0.338 e. The molecular weight excluding hydrogens is 555 g/mol. The summed E-state index contributed by atoms with van der Waals surface area (Å²) < 4.78 is 13.6. The summed E-state index contributed by atoms with van der Waals surface area (Å²) in [6, 6.07) is 21.3. The summed E-state index contributed by atoms with van der Waals surface area (Å²) in [5, 5.41) is 15.3. The predicted molar refractivity (Wildman–Crippen MR) is 157 cm³/mol. The number of aliphatic imine (C=N–C) groups is 1. The molecule has 1 fully saturated rings. The van der Waals surface area contributed by atoms with Gasteiger partial charge >= 0.3 is 0 Å². The van der Waals surface area contributed by atoms with E-state index >= 15 is 0 Å². The first-order valence-corrected chi connectivity index (χ1v) is 14.0. The van der Waals surface area contributed by atoms with E-state index in [2.05, 4.69) is 25.6 Å². The Balaban J connectivity index is 1.33. The van der Waals surface area contributed by atoms with Crippen molar-refractivity contribution in [1.29, 1.82) is 5.26 Å². The van der Waals surface area contributed by atoms with Crippen molar-refractivity contribution < 1.29 is 14.0 Å². The van der Waals surface area contributed by atoms with E-state index in [0.29, 0.717) is 46.8 Å². The molecule has 0 aliphatic carbocycles. The molecule has 208 valence electrons. The average Bonchev–Trinajstić information content (AvgIpc) is 3.42. The molecule has 2 aromatic heterocycles. The zero-order valence-corrected chi connectivity index (χ0v) is 22.9. The number of rotatable bonds is 5. The number of hydrogen-bond acceptors (Lipinski definition) is 9. The highest BCUT2D eigenvalue weighted by Gasteiger charge is 2.51. The molecule has 2 amide bonds. The lowest BCUT2D eigenvalue weighted by Crippen LogP contribution is -2.42. The molecule has 4 heterocycles. The number of hydrogen-bond donors (Lipinski definition) is 2. The number of amidine groups is 1. The second kappa shape index (κ2) is 11.4. The van der Waals surface area contributed by atoms with E-state index in [1.54, 1.807) is 30.3 Å². The Morgan fingerprint density at radius 2 is 1.79 bits per heavy atom. The quantitative estimate of drug-likeness (QED) is 0.363. The molecule has 4 aromatic rings. The third kappa shape index (κ3) is 5.42. The summed E-state index contributed by atoms with van der Waals surface area (Å²) in [6.45, 7) is 0.941. The van der Waals surface area contributed by atoms with Crippen molar-refractivity contribution in [2.24, 2.45) is 10.9 Å². The maximum atomic E-state index is 13.6. The number of nitriles is 1. The number of thioether (sulfide) groups is 1. The van der Waals surface area contributed by atoms with E-state index in [0.717, 1.165) is 18.0 Å². The average molecular weight is 579 g/mol. The molecule has 2 aliphatic heterocycles. The standard InChI is InChI=1S/C30H23FN8O2S/c31-23-14-34-28(35-15-23)39-16-22-17-42-29(37-26(40)20-5-2-1-3-6-20)38-30(22,18-39)21-7-4-8-24(11-21)36-27(41)25-10-9-19(12-32)13-33-25/h1-11,13-15,22H,16-18H2,(H,36,41)(H,37,38,40)/t22-,30?/m0/s1. The molecule has 10 nitrogen and oxygen atoms in total. The molecule has 0 radical (unpaired) electrons. The highest BCUT2D eigenvalue weighted by molar-refractivity contribution is 8.13. The van der Waals surface area contributed by atoms with Crippen LogP contribution in [0.4, 0.5) is 16.0 Å². The van der Waals surface area contributed by atoms with Crippen molar-refractivity contribution in [2.45, 2.75) is 5.54 Å². The van der Waals surface area contributed by atoms with Gasteiger partial charge in [-0.05, 0) is 42.0 Å². The number of nitrogens with one attached hydrogen (secondary N) is 2. The molecular formula is C30H23FN8O2S. The molecule has 2 N–H and O–H groups in total. The molecule has 1 unspecified atom stereocenters. The van der Waals surface area contributed by atoms with E-state index in [1.807, 2.05) is 35.2 Å². The fourth-order valence-corrected chi connectivity index (χ4v) is 6.24. The Morgan fingerprint density at radius 1 is 0.976 bits per heavy atom. The normalized spacial score (nSPS) is 19.3. The number of anilines is 2. The van der Waals surface area contributed by atoms with Gasteiger partial charge < -0.3 is 15.5 Å². The van der Waals surface area contributed by atoms with Gasteiger partial charge in [0.05, 0.1) is 24.5 Å². The van der Waals surface area contributed by atoms with Gasteiger partial charge in [-0.3, -0.25) is 9.59 Å². The second-order valence-corrected chi connectivity index (χ2v) is 10.8. The first kappa shape index (κ1) is 27.0. The number of amides is 2. The van der Waals surface area contributed by atoms with Crippen LogP contribution in [0.3, 0.4) is 0 Å². The van der Waals surface area contributed by atoms with Crippen LogP contribution in [-0.4, -0.2) is 50.8 Å². The van der Waals surface area contributed by atoms with E-state index in [4.69, 9.17) is 10.3 Å². The van der Waals surface area contributed by atoms with Crippen LogP contribution in [0, 0.1) is 23.1 Å². The van der Waals surface area contributed by atoms with Gasteiger partial charge in [0.1, 0.15) is 17.3 Å². The topological polar surface area (TPSA) is 136 Å². The molecule has 0 saturated carbocycles. The predicted octanol–water partition coefficient (Wildman–Crippen LogP) is 4.00. The molecule has 0 bridgehead atoms. The van der Waals surface area contributed by atoms with Gasteiger partial charge in [0.15, 0.2) is 11.0 Å². The van der Waals surface area contributed by atoms with Gasteiger partial charge in [-0.1, -0.05) is 42.1 Å². The lowest BCUT2D eigenvalue weighted by Gasteiger charge is -2.35. The molecule has 6 rings (SSSR count). The Labute approximate surface area is 244 Å². The number of aromatic nitrogens is 3. The summed E-state index contributed by atoms with van der Waals surface area (Å²) in [7, 11) is 0. The van der Waals surface area contributed by atoms with Gasteiger partial charge in [-0.15, -0.1) is 0 Å². The van der Waals surface area contributed by atoms with E-state index in [9.17, 15) is 14.0 Å². The summed E-state index contributed by atoms with van der Waals surface area (Å²) in [4.78, 5) is 45.4. The molecule has 2 atom stereocenters. The van der Waals surface area contributed by atoms with Crippen molar-refractivity contribution in [1.82, 2.24) is 20.3 Å². The largest absolute Gasteiger partial charge is 0.338 e. The monoisotopic (exact) mass is 578 g/mol. The number of benzene rings is 2. The Morgan fingerprint density at radius 3 is 2.52 bits per heavy atom. The van der Waals surface area contributed by atoms with Crippen molar-refractivity contribution in [3.05, 3.63) is 114 Å². The number of pyridine rings is 1. The van der Waals surface area contributed by atoms with Gasteiger partial charge in [0.25, 0.3) is 11.8 Å². The second-order valence-electron chi connectivity index (χ2n) is 9.83. The first-order valence-electron chi connectivity index (χ1n) is 13.0. The van der Waals surface area contributed by atoms with Crippen LogP contribution in [-0.2, 0) is 5.54 Å². The lowest BCUT2D eigenvalue weighted by atomic mass is 9.81. The Bertz CT molecular complexity index is 1710. The Kier molecular flexibility index (Phi) is 7.33. The van der Waals surface area contributed by atoms with Gasteiger partial charge in [-0.25, -0.2) is 24.3 Å². The van der Waals surface area contributed by atoms with Crippen molar-refractivity contribution in [3.63, 3.8) is 0 Å². The maximum Gasteiger partial charge on any atom is 0.274 e. The fourth-order valence-electron chi connectivity index (χ4n) is 5.10. The summed E-state index contributed by atoms with van der Waals surface area (Å²) in [5.41, 5.74) is 1.61. The van der Waals surface area contributed by atoms with Crippen molar-refractivity contribution in [2.75, 3.05) is 29.1 Å². The maximum absolute atomic E-state index is 13.6. The van der Waals surface area contributed by atoms with Crippen molar-refractivity contribution in [3.8, 4) is 6.07 Å². The fraction of sp³-hybridized carbons (Fsp3) is 0.167. The van der Waals surface area contributed by atoms with Crippen LogP contribution >= 0.6 is 11.8 Å². The van der Waals surface area contributed by atoms with Gasteiger partial charge in [0.2, 0.25) is 5.95 Å². The number of nitrogens with zero attached hydrogens (tertiary/aromatic N) is 6. The van der Waals surface area contributed by atoms with E-state index in [-0.39, 0.29) is 17.5 Å². The van der Waals surface area contributed by atoms with E-state index in [1.165, 1.54) is 30.1 Å². The molecule has 42 heavy (non-hydrogen) atoms. The SMILES string of the molecule is N#Cc1ccc(C(=O)Nc2cccc(C34CN(c5ncc(F)cn5)C[C@H]3CSC(NC(=O)c3ccccc3)=N4)c2)nc1. The molecule has 12 heteroatoms. The van der Waals surface area contributed by atoms with E-state index < -0.39 is 17.3 Å². The van der Waals surface area contributed by atoms with Crippen molar-refractivity contribution >= 4 is 40.4 Å². The highest BCUT2D eigenvalue weighted by atomic mass is 32.2. The van der Waals surface area contributed by atoms with Crippen LogP contribution in [0.2, 0.25) is 0 Å². The Hall–Kier alpha value is -5.15. The van der Waals surface area contributed by atoms with Crippen LogP contribution < -0.4 is 15.5 Å². The number of carbonyl (C=O) groups is 2. The molecule has 2 aliphatic rings. The lowest BCUT2D eigenvalue weighted by molar-refractivity contribution is 0.0976. The summed E-state index contributed by atoms with van der Waals surface area (Å²) in [5.74, 6) is -0.168. The van der Waals surface area contributed by atoms with Crippen LogP contribution in [0.5, 0.6) is 0 Å². The minimum absolute atomic E-state index is 0.000301. The zero-order valence-electron chi connectivity index (χ0n) is 22.1. The van der Waals surface area contributed by atoms with Gasteiger partial charge in [-0.2, -0.15) is 5.26 Å². The first-order chi connectivity index (χ1) is 20.4. The number of halogens is 1. The van der Waals surface area contributed by atoms with Crippen LogP contribution in [0.1, 0.15) is 32.0 Å². The summed E-state index contributed by atoms with van der Waals surface area (Å²) in [6.07, 6.45) is 3.61. The molecule has 2 aromatic carbocycles. The third-order valence-corrected chi connectivity index (χ3v) is 8.20. The van der Waals surface area contributed by atoms with Crippen LogP contribution in [0.15, 0.2) is 90.3 Å². The number of fused-ring (bicyclic) bond motifs is 1. The molecule has 0 spiro atoms. The summed E-state index contributed by atoms with van der Waals surface area (Å²) >= 11 is 1.46. The van der Waals surface area contributed by atoms with Gasteiger partial charge in [0, 0.05) is 35.7 Å². The zero-order chi connectivity index (χ0) is 29.1. The third-order valence-electron chi connectivity index (χ3n) is 7.16.